The molecule has 1 unspecified atom stereocenters. The van der Waals surface area contributed by atoms with E-state index in [0.717, 1.165) is 12.0 Å². The van der Waals surface area contributed by atoms with Crippen molar-refractivity contribution in [3.63, 3.8) is 0 Å². The first kappa shape index (κ1) is 13.8. The highest BCUT2D eigenvalue weighted by Crippen LogP contribution is 2.22. The van der Waals surface area contributed by atoms with E-state index in [4.69, 9.17) is 5.73 Å². The van der Waals surface area contributed by atoms with E-state index in [1.54, 1.807) is 13.0 Å². The van der Waals surface area contributed by atoms with Gasteiger partial charge in [0.25, 0.3) is 0 Å². The Bertz CT molecular complexity index is 570. The second-order valence-electron chi connectivity index (χ2n) is 5.19. The van der Waals surface area contributed by atoms with E-state index >= 15 is 0 Å². The second kappa shape index (κ2) is 5.54. The van der Waals surface area contributed by atoms with Gasteiger partial charge >= 0.3 is 0 Å². The number of halogens is 1. The molecule has 0 saturated heterocycles. The van der Waals surface area contributed by atoms with Gasteiger partial charge in [-0.3, -0.25) is 0 Å². The number of nitrogens with two attached hydrogens (primary N) is 1. The predicted molar refractivity (Wildman–Crippen MR) is 77.7 cm³/mol. The predicted octanol–water partition coefficient (Wildman–Crippen LogP) is 3.99. The molecule has 100 valence electrons. The minimum absolute atomic E-state index is 0.0981. The van der Waals surface area contributed by atoms with Crippen molar-refractivity contribution in [3.05, 3.63) is 70.0 Å². The lowest BCUT2D eigenvalue weighted by Gasteiger charge is -2.16. The molecule has 0 saturated carbocycles. The van der Waals surface area contributed by atoms with E-state index in [-0.39, 0.29) is 11.9 Å². The molecule has 2 heteroatoms. The average Bonchev–Trinajstić information content (AvgIpc) is 2.37. The molecule has 0 aliphatic rings. The van der Waals surface area contributed by atoms with Crippen LogP contribution in [0, 0.1) is 26.6 Å². The van der Waals surface area contributed by atoms with Crippen molar-refractivity contribution in [3.8, 4) is 0 Å². The van der Waals surface area contributed by atoms with Gasteiger partial charge in [0.05, 0.1) is 0 Å². The molecule has 2 aromatic rings. The van der Waals surface area contributed by atoms with Gasteiger partial charge in [-0.2, -0.15) is 0 Å². The van der Waals surface area contributed by atoms with Crippen LogP contribution >= 0.6 is 0 Å². The first-order valence-electron chi connectivity index (χ1n) is 6.55. The molecule has 0 amide bonds. The Hall–Kier alpha value is -1.67. The van der Waals surface area contributed by atoms with Gasteiger partial charge in [0, 0.05) is 6.04 Å². The standard InChI is InChI=1S/C17H20FN/c1-11-5-4-6-12(2)15(11)10-17(19)14-7-8-16(18)13(3)9-14/h4-9,17H,10,19H2,1-3H3. The zero-order valence-electron chi connectivity index (χ0n) is 11.7. The van der Waals surface area contributed by atoms with Crippen LogP contribution in [0.25, 0.3) is 0 Å². The summed E-state index contributed by atoms with van der Waals surface area (Å²) in [6, 6.07) is 11.3. The highest BCUT2D eigenvalue weighted by atomic mass is 19.1. The van der Waals surface area contributed by atoms with Crippen LogP contribution in [0.5, 0.6) is 0 Å². The second-order valence-corrected chi connectivity index (χ2v) is 5.19. The minimum Gasteiger partial charge on any atom is -0.324 e. The fraction of sp³-hybridized carbons (Fsp3) is 0.294. The van der Waals surface area contributed by atoms with Gasteiger partial charge in [0.15, 0.2) is 0 Å². The van der Waals surface area contributed by atoms with Gasteiger partial charge in [0.2, 0.25) is 0 Å². The summed E-state index contributed by atoms with van der Waals surface area (Å²) in [7, 11) is 0. The van der Waals surface area contributed by atoms with Gasteiger partial charge < -0.3 is 5.73 Å². The first-order valence-corrected chi connectivity index (χ1v) is 6.55. The average molecular weight is 257 g/mol. The third-order valence-electron chi connectivity index (χ3n) is 3.68. The van der Waals surface area contributed by atoms with Crippen LogP contribution in [0.4, 0.5) is 4.39 Å². The molecular weight excluding hydrogens is 237 g/mol. The Labute approximate surface area is 114 Å². The van der Waals surface area contributed by atoms with Crippen LogP contribution in [-0.4, -0.2) is 0 Å². The summed E-state index contributed by atoms with van der Waals surface area (Å²) in [6.07, 6.45) is 0.781. The topological polar surface area (TPSA) is 26.0 Å². The van der Waals surface area contributed by atoms with Crippen LogP contribution in [0.1, 0.15) is 33.9 Å². The van der Waals surface area contributed by atoms with Crippen LogP contribution in [0.2, 0.25) is 0 Å². The van der Waals surface area contributed by atoms with Crippen molar-refractivity contribution < 1.29 is 4.39 Å². The first-order chi connectivity index (χ1) is 8.99. The highest BCUT2D eigenvalue weighted by molar-refractivity contribution is 5.36. The van der Waals surface area contributed by atoms with Crippen molar-refractivity contribution in [2.75, 3.05) is 0 Å². The lowest BCUT2D eigenvalue weighted by molar-refractivity contribution is 0.614. The molecule has 0 fully saturated rings. The summed E-state index contributed by atoms with van der Waals surface area (Å²) < 4.78 is 13.3. The van der Waals surface area contributed by atoms with Crippen molar-refractivity contribution in [1.82, 2.24) is 0 Å². The van der Waals surface area contributed by atoms with Gasteiger partial charge in [-0.05, 0) is 61.1 Å². The lowest BCUT2D eigenvalue weighted by atomic mass is 9.93. The summed E-state index contributed by atoms with van der Waals surface area (Å²) in [5, 5.41) is 0. The molecule has 2 rings (SSSR count). The Morgan fingerprint density at radius 3 is 2.21 bits per heavy atom. The molecular formula is C17H20FN. The highest BCUT2D eigenvalue weighted by Gasteiger charge is 2.11. The summed E-state index contributed by atoms with van der Waals surface area (Å²) in [5.41, 5.74) is 11.7. The van der Waals surface area contributed by atoms with Crippen molar-refractivity contribution >= 4 is 0 Å². The number of benzene rings is 2. The minimum atomic E-state index is -0.178. The Morgan fingerprint density at radius 2 is 1.63 bits per heavy atom. The van der Waals surface area contributed by atoms with E-state index in [0.29, 0.717) is 5.56 Å². The van der Waals surface area contributed by atoms with Gasteiger partial charge in [0.1, 0.15) is 5.82 Å². The Morgan fingerprint density at radius 1 is 1.00 bits per heavy atom. The molecule has 0 heterocycles. The fourth-order valence-electron chi connectivity index (χ4n) is 2.41. The normalized spacial score (nSPS) is 12.5. The zero-order valence-corrected chi connectivity index (χ0v) is 11.7. The molecule has 19 heavy (non-hydrogen) atoms. The van der Waals surface area contributed by atoms with E-state index < -0.39 is 0 Å². The smallest absolute Gasteiger partial charge is 0.126 e. The number of hydrogen-bond donors (Lipinski definition) is 1. The molecule has 0 aliphatic carbocycles. The van der Waals surface area contributed by atoms with E-state index in [9.17, 15) is 4.39 Å². The lowest BCUT2D eigenvalue weighted by Crippen LogP contribution is -2.15. The molecule has 0 spiro atoms. The third kappa shape index (κ3) is 3.02. The van der Waals surface area contributed by atoms with Crippen molar-refractivity contribution in [2.24, 2.45) is 5.73 Å². The molecule has 0 radical (unpaired) electrons. The maximum Gasteiger partial charge on any atom is 0.126 e. The summed E-state index contributed by atoms with van der Waals surface area (Å²) in [4.78, 5) is 0. The fourth-order valence-corrected chi connectivity index (χ4v) is 2.41. The zero-order chi connectivity index (χ0) is 14.0. The number of rotatable bonds is 3. The monoisotopic (exact) mass is 257 g/mol. The van der Waals surface area contributed by atoms with Crippen LogP contribution in [0.3, 0.4) is 0 Å². The van der Waals surface area contributed by atoms with E-state index in [1.165, 1.54) is 22.8 Å². The molecule has 0 aliphatic heterocycles. The molecule has 0 bridgehead atoms. The summed E-state index contributed by atoms with van der Waals surface area (Å²) in [5.74, 6) is -0.178. The number of aryl methyl sites for hydroxylation is 3. The molecule has 1 atom stereocenters. The maximum absolute atomic E-state index is 13.3. The van der Waals surface area contributed by atoms with Crippen LogP contribution in [0.15, 0.2) is 36.4 Å². The van der Waals surface area contributed by atoms with Crippen LogP contribution in [-0.2, 0) is 6.42 Å². The third-order valence-corrected chi connectivity index (χ3v) is 3.68. The number of hydrogen-bond acceptors (Lipinski definition) is 1. The van der Waals surface area contributed by atoms with E-state index in [1.807, 2.05) is 6.07 Å². The van der Waals surface area contributed by atoms with Gasteiger partial charge in [-0.15, -0.1) is 0 Å². The molecule has 1 nitrogen and oxygen atoms in total. The summed E-state index contributed by atoms with van der Waals surface area (Å²) in [6.45, 7) is 5.97. The molecule has 2 aromatic carbocycles. The van der Waals surface area contributed by atoms with Crippen LogP contribution < -0.4 is 5.73 Å². The quantitative estimate of drug-likeness (QED) is 0.884. The molecule has 2 N–H and O–H groups in total. The maximum atomic E-state index is 13.3. The largest absolute Gasteiger partial charge is 0.324 e. The van der Waals surface area contributed by atoms with E-state index in [2.05, 4.69) is 32.0 Å². The van der Waals surface area contributed by atoms with Crippen molar-refractivity contribution in [1.29, 1.82) is 0 Å². The molecule has 0 aromatic heterocycles. The Balaban J connectivity index is 2.25. The van der Waals surface area contributed by atoms with Gasteiger partial charge in [-0.1, -0.05) is 30.3 Å². The van der Waals surface area contributed by atoms with Crippen molar-refractivity contribution in [2.45, 2.75) is 33.2 Å². The van der Waals surface area contributed by atoms with Gasteiger partial charge in [-0.25, -0.2) is 4.39 Å². The summed E-state index contributed by atoms with van der Waals surface area (Å²) >= 11 is 0. The SMILES string of the molecule is Cc1cc(C(N)Cc2c(C)cccc2C)ccc1F. The Kier molecular flexibility index (Phi) is 4.01.